The number of ether oxygens (including phenoxy) is 1. The molecule has 0 amide bonds. The third-order valence-electron chi connectivity index (χ3n) is 4.09. The van der Waals surface area contributed by atoms with Crippen LogP contribution in [0.2, 0.25) is 5.02 Å². The van der Waals surface area contributed by atoms with Crippen LogP contribution in [0.3, 0.4) is 0 Å². The van der Waals surface area contributed by atoms with E-state index in [1.54, 1.807) is 17.7 Å². The Hall–Kier alpha value is -2.30. The summed E-state index contributed by atoms with van der Waals surface area (Å²) in [6, 6.07) is 14.7. The first kappa shape index (κ1) is 16.6. The second kappa shape index (κ2) is 6.67. The van der Waals surface area contributed by atoms with Crippen molar-refractivity contribution in [2.45, 2.75) is 19.5 Å². The van der Waals surface area contributed by atoms with Gasteiger partial charge in [0.15, 0.2) is 0 Å². The molecule has 3 aromatic rings. The Kier molecular flexibility index (Phi) is 4.60. The van der Waals surface area contributed by atoms with Crippen molar-refractivity contribution in [2.75, 3.05) is 7.11 Å². The molecule has 0 radical (unpaired) electrons. The average molecular weight is 343 g/mol. The molecule has 24 heavy (non-hydrogen) atoms. The normalized spacial score (nSPS) is 12.3. The third-order valence-corrected chi connectivity index (χ3v) is 4.40. The predicted octanol–water partition coefficient (Wildman–Crippen LogP) is 3.73. The molecule has 3 rings (SSSR count). The lowest BCUT2D eigenvalue weighted by Gasteiger charge is -2.17. The second-order valence-electron chi connectivity index (χ2n) is 5.80. The Bertz CT molecular complexity index is 930. The van der Waals surface area contributed by atoms with Gasteiger partial charge in [-0.1, -0.05) is 35.9 Å². The van der Waals surface area contributed by atoms with Gasteiger partial charge in [-0.15, -0.1) is 0 Å². The Balaban J connectivity index is 2.17. The number of hydrogen-bond acceptors (Lipinski definition) is 3. The molecule has 0 fully saturated rings. The average Bonchev–Trinajstić information content (AvgIpc) is 2.57. The molecule has 1 heterocycles. The van der Waals surface area contributed by atoms with E-state index in [2.05, 4.69) is 0 Å². The van der Waals surface area contributed by atoms with Crippen molar-refractivity contribution in [3.63, 3.8) is 0 Å². The van der Waals surface area contributed by atoms with Gasteiger partial charge in [0.1, 0.15) is 5.75 Å². The van der Waals surface area contributed by atoms with Crippen LogP contribution in [0.25, 0.3) is 10.8 Å². The largest absolute Gasteiger partial charge is 0.497 e. The van der Waals surface area contributed by atoms with Crippen LogP contribution in [0.4, 0.5) is 0 Å². The summed E-state index contributed by atoms with van der Waals surface area (Å²) in [5.74, 6) is 0.778. The number of hydrogen-bond donors (Lipinski definition) is 1. The van der Waals surface area contributed by atoms with Gasteiger partial charge in [0.2, 0.25) is 0 Å². The van der Waals surface area contributed by atoms with Crippen LogP contribution in [0, 0.1) is 0 Å². The summed E-state index contributed by atoms with van der Waals surface area (Å²) in [5.41, 5.74) is 7.75. The Morgan fingerprint density at radius 2 is 1.92 bits per heavy atom. The number of nitrogens with two attached hydrogens (primary N) is 1. The zero-order chi connectivity index (χ0) is 17.3. The summed E-state index contributed by atoms with van der Waals surface area (Å²) in [7, 11) is 1.62. The molecule has 2 N–H and O–H groups in total. The minimum Gasteiger partial charge on any atom is -0.497 e. The molecule has 0 spiro atoms. The molecule has 5 heteroatoms. The summed E-state index contributed by atoms with van der Waals surface area (Å²) >= 11 is 6.25. The molecule has 1 aromatic heterocycles. The highest BCUT2D eigenvalue weighted by molar-refractivity contribution is 6.35. The first-order valence-corrected chi connectivity index (χ1v) is 8.09. The number of rotatable bonds is 4. The van der Waals surface area contributed by atoms with Crippen LogP contribution in [-0.2, 0) is 6.54 Å². The van der Waals surface area contributed by atoms with Crippen molar-refractivity contribution in [3.8, 4) is 5.75 Å². The van der Waals surface area contributed by atoms with E-state index in [9.17, 15) is 4.79 Å². The van der Waals surface area contributed by atoms with Crippen LogP contribution in [-0.4, -0.2) is 11.7 Å². The van der Waals surface area contributed by atoms with Crippen molar-refractivity contribution >= 4 is 22.4 Å². The molecule has 124 valence electrons. The summed E-state index contributed by atoms with van der Waals surface area (Å²) < 4.78 is 6.87. The van der Waals surface area contributed by atoms with Crippen LogP contribution < -0.4 is 16.0 Å². The van der Waals surface area contributed by atoms with Crippen LogP contribution in [0.1, 0.15) is 24.2 Å². The number of benzene rings is 2. The van der Waals surface area contributed by atoms with Gasteiger partial charge >= 0.3 is 0 Å². The van der Waals surface area contributed by atoms with Crippen LogP contribution in [0.15, 0.2) is 53.3 Å². The quantitative estimate of drug-likeness (QED) is 0.786. The molecule has 0 saturated heterocycles. The number of fused-ring (bicyclic) bond motifs is 1. The number of nitrogens with zero attached hydrogens (tertiary/aromatic N) is 1. The van der Waals surface area contributed by atoms with E-state index in [1.165, 1.54) is 0 Å². The first-order valence-electron chi connectivity index (χ1n) is 7.71. The van der Waals surface area contributed by atoms with E-state index in [0.29, 0.717) is 17.0 Å². The molecular weight excluding hydrogens is 324 g/mol. The summed E-state index contributed by atoms with van der Waals surface area (Å²) in [4.78, 5) is 13.0. The summed E-state index contributed by atoms with van der Waals surface area (Å²) in [5, 5.41) is 1.79. The fourth-order valence-electron chi connectivity index (χ4n) is 2.83. The maximum Gasteiger partial charge on any atom is 0.260 e. The van der Waals surface area contributed by atoms with E-state index in [4.69, 9.17) is 22.1 Å². The van der Waals surface area contributed by atoms with Gasteiger partial charge in [-0.25, -0.2) is 0 Å². The Morgan fingerprint density at radius 1 is 1.21 bits per heavy atom. The Labute approximate surface area is 145 Å². The van der Waals surface area contributed by atoms with Crippen LogP contribution >= 0.6 is 11.6 Å². The third kappa shape index (κ3) is 3.03. The second-order valence-corrected chi connectivity index (χ2v) is 6.21. The van der Waals surface area contributed by atoms with Crippen molar-refractivity contribution in [1.29, 1.82) is 0 Å². The lowest BCUT2D eigenvalue weighted by atomic mass is 10.1. The van der Waals surface area contributed by atoms with Gasteiger partial charge in [-0.3, -0.25) is 4.79 Å². The smallest absolute Gasteiger partial charge is 0.260 e. The van der Waals surface area contributed by atoms with E-state index in [0.717, 1.165) is 22.4 Å². The highest BCUT2D eigenvalue weighted by atomic mass is 35.5. The fourth-order valence-corrected chi connectivity index (χ4v) is 3.09. The molecule has 0 aliphatic rings. The van der Waals surface area contributed by atoms with Crippen molar-refractivity contribution < 1.29 is 4.74 Å². The molecule has 0 saturated carbocycles. The number of halogens is 1. The molecule has 4 nitrogen and oxygen atoms in total. The zero-order valence-corrected chi connectivity index (χ0v) is 14.4. The highest BCUT2D eigenvalue weighted by Crippen LogP contribution is 2.23. The maximum atomic E-state index is 13.0. The molecule has 0 aliphatic heterocycles. The van der Waals surface area contributed by atoms with Gasteiger partial charge in [0.05, 0.1) is 24.1 Å². The fraction of sp³-hybridized carbons (Fsp3) is 0.211. The van der Waals surface area contributed by atoms with E-state index < -0.39 is 0 Å². The standard InChI is InChI=1S/C19H19ClN2O2/c1-12(21)17-10-14-4-3-5-16(20)18(14)19(23)22(17)11-13-6-8-15(24-2)9-7-13/h3-10,12H,11,21H2,1-2H3. The zero-order valence-electron chi connectivity index (χ0n) is 13.6. The van der Waals surface area contributed by atoms with E-state index in [-0.39, 0.29) is 11.6 Å². The van der Waals surface area contributed by atoms with Crippen molar-refractivity contribution in [1.82, 2.24) is 4.57 Å². The minimum atomic E-state index is -0.265. The van der Waals surface area contributed by atoms with Gasteiger partial charge in [-0.2, -0.15) is 0 Å². The SMILES string of the molecule is COc1ccc(Cn2c(C(C)N)cc3cccc(Cl)c3c2=O)cc1. The number of pyridine rings is 1. The lowest BCUT2D eigenvalue weighted by molar-refractivity contribution is 0.414. The van der Waals surface area contributed by atoms with Gasteiger partial charge in [0, 0.05) is 11.7 Å². The topological polar surface area (TPSA) is 57.2 Å². The van der Waals surface area contributed by atoms with Gasteiger partial charge < -0.3 is 15.0 Å². The first-order chi connectivity index (χ1) is 11.5. The minimum absolute atomic E-state index is 0.124. The van der Waals surface area contributed by atoms with Gasteiger partial charge in [0.25, 0.3) is 5.56 Å². The molecule has 2 aromatic carbocycles. The maximum absolute atomic E-state index is 13.0. The highest BCUT2D eigenvalue weighted by Gasteiger charge is 2.14. The summed E-state index contributed by atoms with van der Waals surface area (Å²) in [6.45, 7) is 2.30. The van der Waals surface area contributed by atoms with Gasteiger partial charge in [-0.05, 0) is 42.1 Å². The van der Waals surface area contributed by atoms with E-state index in [1.807, 2.05) is 49.4 Å². The van der Waals surface area contributed by atoms with E-state index >= 15 is 0 Å². The molecular formula is C19H19ClN2O2. The lowest BCUT2D eigenvalue weighted by Crippen LogP contribution is -2.27. The molecule has 0 aliphatic carbocycles. The van der Waals surface area contributed by atoms with Crippen molar-refractivity contribution in [3.05, 3.63) is 75.2 Å². The Morgan fingerprint density at radius 3 is 2.54 bits per heavy atom. The monoisotopic (exact) mass is 342 g/mol. The van der Waals surface area contributed by atoms with Crippen molar-refractivity contribution in [2.24, 2.45) is 5.73 Å². The molecule has 1 unspecified atom stereocenters. The number of methoxy groups -OCH3 is 1. The van der Waals surface area contributed by atoms with Crippen LogP contribution in [0.5, 0.6) is 5.75 Å². The molecule has 1 atom stereocenters. The number of aromatic nitrogens is 1. The predicted molar refractivity (Wildman–Crippen MR) is 97.9 cm³/mol. The molecule has 0 bridgehead atoms. The summed E-state index contributed by atoms with van der Waals surface area (Å²) in [6.07, 6.45) is 0.